The maximum atomic E-state index is 13.6. The van der Waals surface area contributed by atoms with Crippen LogP contribution in [0.3, 0.4) is 0 Å². The summed E-state index contributed by atoms with van der Waals surface area (Å²) in [7, 11) is 0. The Morgan fingerprint density at radius 1 is 1.03 bits per heavy atom. The second kappa shape index (κ2) is 7.63. The minimum absolute atomic E-state index is 0.133. The van der Waals surface area contributed by atoms with Gasteiger partial charge in [-0.3, -0.25) is 4.79 Å². The van der Waals surface area contributed by atoms with Gasteiger partial charge in [-0.15, -0.1) is 0 Å². The fourth-order valence-corrected chi connectivity index (χ4v) is 9.05. The number of Topliss-reactive ketones (excluding diaryl/α,β-unsaturated/α-hetero) is 1. The lowest BCUT2D eigenvalue weighted by Gasteiger charge is -2.56. The number of benzene rings is 1. The van der Waals surface area contributed by atoms with Crippen LogP contribution in [0, 0.1) is 47.8 Å². The van der Waals surface area contributed by atoms with E-state index < -0.39 is 5.60 Å². The van der Waals surface area contributed by atoms with Crippen molar-refractivity contribution in [3.63, 3.8) is 0 Å². The van der Waals surface area contributed by atoms with Crippen LogP contribution < -0.4 is 0 Å². The summed E-state index contributed by atoms with van der Waals surface area (Å²) in [6, 6.07) is 6.03. The van der Waals surface area contributed by atoms with Crippen molar-refractivity contribution in [2.24, 2.45) is 40.9 Å². The van der Waals surface area contributed by atoms with Gasteiger partial charge in [0.25, 0.3) is 0 Å². The van der Waals surface area contributed by atoms with Gasteiger partial charge in [0.1, 0.15) is 17.6 Å². The van der Waals surface area contributed by atoms with Crippen LogP contribution >= 0.6 is 0 Å². The van der Waals surface area contributed by atoms with Crippen molar-refractivity contribution in [2.75, 3.05) is 0 Å². The van der Waals surface area contributed by atoms with E-state index >= 15 is 0 Å². The first-order valence-corrected chi connectivity index (χ1v) is 13.3. The molecule has 4 aliphatic rings. The van der Waals surface area contributed by atoms with E-state index in [9.17, 15) is 9.90 Å². The Hall–Kier alpha value is -1.75. The van der Waals surface area contributed by atoms with Crippen molar-refractivity contribution in [1.29, 1.82) is 0 Å². The summed E-state index contributed by atoms with van der Waals surface area (Å²) in [6.45, 7) is 6.82. The molecule has 4 aliphatic carbocycles. The highest BCUT2D eigenvalue weighted by atomic mass is 16.3. The molecule has 1 N–H and O–H groups in total. The van der Waals surface area contributed by atoms with Crippen LogP contribution in [0.25, 0.3) is 11.0 Å². The minimum Gasteiger partial charge on any atom is -0.390 e. The molecule has 0 aliphatic heterocycles. The number of aryl methyl sites for hydroxylation is 1. The molecular weight excluding hydrogens is 410 g/mol. The van der Waals surface area contributed by atoms with E-state index in [1.54, 1.807) is 4.80 Å². The van der Waals surface area contributed by atoms with Crippen molar-refractivity contribution < 1.29 is 9.90 Å². The van der Waals surface area contributed by atoms with E-state index in [1.165, 1.54) is 38.5 Å². The molecule has 1 aromatic heterocycles. The van der Waals surface area contributed by atoms with Gasteiger partial charge < -0.3 is 5.11 Å². The molecule has 0 bridgehead atoms. The molecular formula is C28H39N3O2. The summed E-state index contributed by atoms with van der Waals surface area (Å²) in [4.78, 5) is 15.2. The molecule has 2 aromatic rings. The Morgan fingerprint density at radius 3 is 2.67 bits per heavy atom. The lowest BCUT2D eigenvalue weighted by Crippen LogP contribution is -2.51. The fraction of sp³-hybridized carbons (Fsp3) is 0.750. The second-order valence-corrected chi connectivity index (χ2v) is 12.5. The van der Waals surface area contributed by atoms with Crippen molar-refractivity contribution in [1.82, 2.24) is 15.0 Å². The number of rotatable bonds is 3. The largest absolute Gasteiger partial charge is 0.390 e. The first-order valence-electron chi connectivity index (χ1n) is 13.3. The third-order valence-corrected chi connectivity index (χ3v) is 10.6. The van der Waals surface area contributed by atoms with Gasteiger partial charge in [-0.25, -0.2) is 0 Å². The molecule has 1 heterocycles. The second-order valence-electron chi connectivity index (χ2n) is 12.5. The van der Waals surface area contributed by atoms with Gasteiger partial charge in [0, 0.05) is 5.92 Å². The molecule has 0 spiro atoms. The Kier molecular flexibility index (Phi) is 5.03. The monoisotopic (exact) mass is 449 g/mol. The van der Waals surface area contributed by atoms with E-state index in [0.717, 1.165) is 53.6 Å². The highest BCUT2D eigenvalue weighted by Gasteiger charge is 2.58. The molecule has 4 fully saturated rings. The number of carbonyl (C=O) groups is 1. The molecule has 0 saturated heterocycles. The fourth-order valence-electron chi connectivity index (χ4n) is 9.05. The van der Waals surface area contributed by atoms with E-state index in [1.807, 2.05) is 32.0 Å². The third kappa shape index (κ3) is 3.48. The summed E-state index contributed by atoms with van der Waals surface area (Å²) in [6.07, 6.45) is 10.4. The van der Waals surface area contributed by atoms with Crippen molar-refractivity contribution in [2.45, 2.75) is 90.7 Å². The molecule has 5 nitrogen and oxygen atoms in total. The maximum absolute atomic E-state index is 13.6. The van der Waals surface area contributed by atoms with Crippen LogP contribution in [0.15, 0.2) is 18.2 Å². The number of nitrogens with zero attached hydrogens (tertiary/aromatic N) is 3. The number of hydrogen-bond donors (Lipinski definition) is 1. The summed E-state index contributed by atoms with van der Waals surface area (Å²) < 4.78 is 0. The van der Waals surface area contributed by atoms with E-state index in [0.29, 0.717) is 24.2 Å². The van der Waals surface area contributed by atoms with Crippen LogP contribution in [0.4, 0.5) is 0 Å². The van der Waals surface area contributed by atoms with Gasteiger partial charge in [-0.05, 0) is 118 Å². The number of aliphatic hydroxyl groups is 1. The zero-order valence-electron chi connectivity index (χ0n) is 20.5. The van der Waals surface area contributed by atoms with Crippen molar-refractivity contribution in [3.8, 4) is 0 Å². The van der Waals surface area contributed by atoms with Gasteiger partial charge in [0.2, 0.25) is 0 Å². The Bertz CT molecular complexity index is 1070. The van der Waals surface area contributed by atoms with Gasteiger partial charge in [-0.2, -0.15) is 15.0 Å². The Labute approximate surface area is 197 Å². The number of fused-ring (bicyclic) bond motifs is 6. The standard InChI is InChI=1S/C28H39N3O2/c1-17-5-4-6-24-26(17)30-31(29-24)16-25(32)23-10-9-22-21-8-7-18-15-27(2,33)13-11-19(18)20(21)12-14-28(22,23)3/h4-6,18-23,33H,7-16H2,1-3H3/t18-,19+,20-,21-,22+,23?,27-,28+/m1/s1. The van der Waals surface area contributed by atoms with Crippen LogP contribution in [0.2, 0.25) is 0 Å². The predicted molar refractivity (Wildman–Crippen MR) is 128 cm³/mol. The Balaban J connectivity index is 1.19. The average Bonchev–Trinajstić information content (AvgIpc) is 3.33. The van der Waals surface area contributed by atoms with Crippen molar-refractivity contribution >= 4 is 16.8 Å². The van der Waals surface area contributed by atoms with Gasteiger partial charge in [0.05, 0.1) is 5.60 Å². The van der Waals surface area contributed by atoms with E-state index in [-0.39, 0.29) is 11.3 Å². The normalized spacial score (nSPS) is 42.5. The Morgan fingerprint density at radius 2 is 1.85 bits per heavy atom. The minimum atomic E-state index is -0.452. The molecule has 4 saturated carbocycles. The van der Waals surface area contributed by atoms with Gasteiger partial charge in [0.15, 0.2) is 5.78 Å². The first-order chi connectivity index (χ1) is 15.7. The number of hydrogen-bond acceptors (Lipinski definition) is 4. The van der Waals surface area contributed by atoms with Gasteiger partial charge in [-0.1, -0.05) is 19.1 Å². The quantitative estimate of drug-likeness (QED) is 0.688. The molecule has 0 amide bonds. The van der Waals surface area contributed by atoms with Crippen molar-refractivity contribution in [3.05, 3.63) is 23.8 Å². The lowest BCUT2D eigenvalue weighted by atomic mass is 9.49. The molecule has 178 valence electrons. The number of ketones is 1. The zero-order valence-corrected chi connectivity index (χ0v) is 20.5. The molecule has 0 radical (unpaired) electrons. The summed E-state index contributed by atoms with van der Waals surface area (Å²) in [5, 5.41) is 19.9. The maximum Gasteiger partial charge on any atom is 0.159 e. The SMILES string of the molecule is Cc1cccc2nn(CC(=O)C3CC[C@H]4[C@@H]5CC[C@@H]6C[C@](C)(O)CC[C@@H]6[C@H]5CC[C@]34C)nc12. The topological polar surface area (TPSA) is 68.0 Å². The lowest BCUT2D eigenvalue weighted by molar-refractivity contribution is -0.133. The van der Waals surface area contributed by atoms with Crippen LogP contribution in [0.1, 0.15) is 77.2 Å². The third-order valence-electron chi connectivity index (χ3n) is 10.6. The highest BCUT2D eigenvalue weighted by Crippen LogP contribution is 2.64. The van der Waals surface area contributed by atoms with Crippen LogP contribution in [-0.4, -0.2) is 31.5 Å². The molecule has 6 rings (SSSR count). The molecule has 8 atom stereocenters. The molecule has 5 heteroatoms. The van der Waals surface area contributed by atoms with E-state index in [4.69, 9.17) is 0 Å². The summed E-state index contributed by atoms with van der Waals surface area (Å²) in [5.74, 6) is 4.25. The number of carbonyl (C=O) groups excluding carboxylic acids is 1. The molecule has 1 aromatic carbocycles. The summed E-state index contributed by atoms with van der Waals surface area (Å²) >= 11 is 0. The molecule has 33 heavy (non-hydrogen) atoms. The smallest absolute Gasteiger partial charge is 0.159 e. The highest BCUT2D eigenvalue weighted by molar-refractivity contribution is 5.82. The summed E-state index contributed by atoms with van der Waals surface area (Å²) in [5.41, 5.74) is 2.57. The average molecular weight is 450 g/mol. The zero-order chi connectivity index (χ0) is 23.0. The first kappa shape index (κ1) is 21.8. The van der Waals surface area contributed by atoms with Gasteiger partial charge >= 0.3 is 0 Å². The molecule has 1 unspecified atom stereocenters. The number of aromatic nitrogens is 3. The van der Waals surface area contributed by atoms with Crippen LogP contribution in [-0.2, 0) is 11.3 Å². The van der Waals surface area contributed by atoms with Crippen LogP contribution in [0.5, 0.6) is 0 Å². The van der Waals surface area contributed by atoms with E-state index in [2.05, 4.69) is 17.1 Å². The predicted octanol–water partition coefficient (Wildman–Crippen LogP) is 5.33.